The lowest BCUT2D eigenvalue weighted by Crippen LogP contribution is -2.53. The van der Waals surface area contributed by atoms with Crippen molar-refractivity contribution < 1.29 is 60.0 Å². The first-order chi connectivity index (χ1) is 32.7. The maximum absolute atomic E-state index is 14.2. The quantitative estimate of drug-likeness (QED) is 0.0694. The number of thiazole rings is 1. The fourth-order valence-corrected chi connectivity index (χ4v) is 12.8. The van der Waals surface area contributed by atoms with Crippen LogP contribution in [0.1, 0.15) is 80.7 Å². The highest BCUT2D eigenvalue weighted by Crippen LogP contribution is 2.47. The molecule has 4 heterocycles. The molecule has 0 radical (unpaired) electrons. The maximum atomic E-state index is 14.2. The van der Waals surface area contributed by atoms with Crippen LogP contribution in [-0.4, -0.2) is 105 Å². The molecule has 69 heavy (non-hydrogen) atoms. The number of carbonyl (C=O) groups excluding carboxylic acids is 3. The highest BCUT2D eigenvalue weighted by atomic mass is 32.2. The van der Waals surface area contributed by atoms with Crippen LogP contribution >= 0.6 is 22.7 Å². The molecule has 8 rings (SSSR count). The zero-order valence-corrected chi connectivity index (χ0v) is 41.8. The SMILES string of the molecule is CC(=O)O[C@H](CN(CC(F)F)S(=O)(=O)c1ccc2ncsc2c1)[C@H](Cc1ccccc1)NC(=O)O[C@H]1CO[C@@]2(COc3ccc(-c4sc5c(c4C(=O)OC(C)(C)C)CC(C)(C)CC5)cc3)OCC[C@@H]12. The number of alkyl halides is 2. The number of sulfonamides is 1. The molecule has 0 saturated carbocycles. The third-order valence-electron chi connectivity index (χ3n) is 12.5. The van der Waals surface area contributed by atoms with Crippen molar-refractivity contribution >= 4 is 60.9 Å². The number of esters is 2. The van der Waals surface area contributed by atoms with Gasteiger partial charge in [-0.05, 0) is 117 Å². The first kappa shape index (κ1) is 50.3. The average molecular weight is 1010 g/mol. The number of nitrogens with zero attached hydrogens (tertiary/aromatic N) is 2. The Morgan fingerprint density at radius 2 is 1.77 bits per heavy atom. The smallest absolute Gasteiger partial charge is 0.407 e. The molecule has 3 aliphatic rings. The van der Waals surface area contributed by atoms with E-state index in [9.17, 15) is 31.6 Å². The van der Waals surface area contributed by atoms with E-state index in [4.69, 9.17) is 28.4 Å². The molecule has 0 unspecified atom stereocenters. The molecule has 14 nitrogen and oxygen atoms in total. The molecule has 1 amide bonds. The van der Waals surface area contributed by atoms with Crippen molar-refractivity contribution in [2.75, 3.05) is 32.9 Å². The number of ether oxygens (including phenoxy) is 6. The predicted molar refractivity (Wildman–Crippen MR) is 256 cm³/mol. The molecule has 2 aliphatic heterocycles. The van der Waals surface area contributed by atoms with Gasteiger partial charge in [0.2, 0.25) is 15.8 Å². The number of aryl methyl sites for hydroxylation is 1. The minimum absolute atomic E-state index is 0.0167. The molecule has 2 aromatic heterocycles. The average Bonchev–Trinajstić information content (AvgIpc) is 4.08. The number of hydrogen-bond donors (Lipinski definition) is 1. The standard InChI is InChI=1S/C50H57F2N3O11S3/c1-30(56)64-39(25-55(26-43(51)52)69(59,60)34-16-17-37-42(23-34)67-29-53-37)38(22-31-10-8-7-9-11-31)54-47(58)65-40-27-63-50(36(40)19-21-62-50)28-61-33-14-12-32(13-15-33)45-44(46(57)66-48(2,3)4)35-24-49(5,6)20-18-41(35)68-45/h7-17,23,29,36,38-40,43H,18-22,24-28H2,1-6H3,(H,54,58)/t36-,38-,39+,40-,50+/m0/s1. The van der Waals surface area contributed by atoms with Crippen LogP contribution in [0.2, 0.25) is 0 Å². The topological polar surface area (TPSA) is 169 Å². The lowest BCUT2D eigenvalue weighted by molar-refractivity contribution is -0.212. The number of aromatic nitrogens is 1. The van der Waals surface area contributed by atoms with E-state index in [0.717, 1.165) is 42.2 Å². The van der Waals surface area contributed by atoms with E-state index >= 15 is 0 Å². The first-order valence-electron chi connectivity index (χ1n) is 22.9. The van der Waals surface area contributed by atoms with Gasteiger partial charge >= 0.3 is 18.0 Å². The molecule has 2 saturated heterocycles. The molecule has 0 bridgehead atoms. The van der Waals surface area contributed by atoms with Gasteiger partial charge in [0, 0.05) is 16.7 Å². The molecule has 370 valence electrons. The minimum Gasteiger partial charge on any atom is -0.488 e. The minimum atomic E-state index is -4.58. The predicted octanol–water partition coefficient (Wildman–Crippen LogP) is 9.23. The van der Waals surface area contributed by atoms with E-state index in [1.807, 2.05) is 45.0 Å². The van der Waals surface area contributed by atoms with E-state index in [-0.39, 0.29) is 35.9 Å². The van der Waals surface area contributed by atoms with E-state index in [0.29, 0.717) is 44.4 Å². The van der Waals surface area contributed by atoms with Crippen molar-refractivity contribution in [3.63, 3.8) is 0 Å². The Morgan fingerprint density at radius 1 is 1.01 bits per heavy atom. The Morgan fingerprint density at radius 3 is 2.48 bits per heavy atom. The second-order valence-electron chi connectivity index (χ2n) is 19.5. The van der Waals surface area contributed by atoms with Crippen LogP contribution in [0.15, 0.2) is 83.2 Å². The second-order valence-corrected chi connectivity index (χ2v) is 23.4. The highest BCUT2D eigenvalue weighted by molar-refractivity contribution is 7.89. The molecular formula is C50H57F2N3O11S3. The fraction of sp³-hybridized carbons (Fsp3) is 0.480. The van der Waals surface area contributed by atoms with Gasteiger partial charge in [0.25, 0.3) is 6.43 Å². The van der Waals surface area contributed by atoms with Crippen molar-refractivity contribution in [3.8, 4) is 16.2 Å². The summed E-state index contributed by atoms with van der Waals surface area (Å²) in [6.07, 6.45) is -3.05. The van der Waals surface area contributed by atoms with Gasteiger partial charge in [-0.3, -0.25) is 4.79 Å². The van der Waals surface area contributed by atoms with Crippen molar-refractivity contribution in [1.82, 2.24) is 14.6 Å². The summed E-state index contributed by atoms with van der Waals surface area (Å²) in [6.45, 7) is 9.47. The van der Waals surface area contributed by atoms with Gasteiger partial charge < -0.3 is 33.7 Å². The Hall–Kier alpha value is -5.05. The van der Waals surface area contributed by atoms with Gasteiger partial charge in [0.15, 0.2) is 0 Å². The van der Waals surface area contributed by atoms with Crippen molar-refractivity contribution in [2.24, 2.45) is 11.3 Å². The van der Waals surface area contributed by atoms with Crippen LogP contribution in [0, 0.1) is 11.3 Å². The zero-order valence-electron chi connectivity index (χ0n) is 39.3. The Kier molecular flexibility index (Phi) is 14.8. The fourth-order valence-electron chi connectivity index (χ4n) is 9.20. The Labute approximate surface area is 408 Å². The molecule has 0 spiro atoms. The molecule has 5 aromatic rings. The van der Waals surface area contributed by atoms with Gasteiger partial charge in [-0.1, -0.05) is 44.2 Å². The summed E-state index contributed by atoms with van der Waals surface area (Å²) in [4.78, 5) is 46.3. The number of nitrogens with one attached hydrogen (secondary N) is 1. The molecule has 3 aromatic carbocycles. The van der Waals surface area contributed by atoms with Crippen LogP contribution in [0.5, 0.6) is 5.75 Å². The summed E-state index contributed by atoms with van der Waals surface area (Å²) < 4.78 is 93.8. The van der Waals surface area contributed by atoms with E-state index in [1.165, 1.54) is 34.4 Å². The van der Waals surface area contributed by atoms with Crippen LogP contribution in [0.3, 0.4) is 0 Å². The maximum Gasteiger partial charge on any atom is 0.407 e. The molecule has 19 heteroatoms. The number of thiophene rings is 1. The van der Waals surface area contributed by atoms with Gasteiger partial charge in [-0.15, -0.1) is 22.7 Å². The van der Waals surface area contributed by atoms with Gasteiger partial charge in [-0.25, -0.2) is 31.8 Å². The number of halogens is 2. The van der Waals surface area contributed by atoms with Gasteiger partial charge in [-0.2, -0.15) is 4.31 Å². The molecule has 2 fully saturated rings. The lowest BCUT2D eigenvalue weighted by atomic mass is 9.76. The lowest BCUT2D eigenvalue weighted by Gasteiger charge is -2.32. The van der Waals surface area contributed by atoms with Gasteiger partial charge in [0.05, 0.1) is 64.4 Å². The zero-order chi connectivity index (χ0) is 49.3. The van der Waals surface area contributed by atoms with Crippen molar-refractivity contribution in [1.29, 1.82) is 0 Å². The van der Waals surface area contributed by atoms with Crippen LogP contribution < -0.4 is 10.1 Å². The second kappa shape index (κ2) is 20.4. The number of amides is 1. The van der Waals surface area contributed by atoms with Crippen molar-refractivity contribution in [2.45, 2.75) is 115 Å². The summed E-state index contributed by atoms with van der Waals surface area (Å²) in [5, 5.41) is 2.77. The number of benzene rings is 3. The number of rotatable bonds is 17. The number of carbonyl (C=O) groups is 3. The number of alkyl carbamates (subject to hydrolysis) is 1. The van der Waals surface area contributed by atoms with Crippen LogP contribution in [0.25, 0.3) is 20.7 Å². The van der Waals surface area contributed by atoms with Crippen LogP contribution in [0.4, 0.5) is 13.6 Å². The first-order valence-corrected chi connectivity index (χ1v) is 26.0. The summed E-state index contributed by atoms with van der Waals surface area (Å²) in [5.74, 6) is -2.31. The molecular weight excluding hydrogens is 953 g/mol. The molecule has 1 N–H and O–H groups in total. The number of hydrogen-bond acceptors (Lipinski definition) is 14. The van der Waals surface area contributed by atoms with Crippen LogP contribution in [-0.2, 0) is 57.8 Å². The third-order valence-corrected chi connectivity index (χ3v) is 16.5. The van der Waals surface area contributed by atoms with Crippen molar-refractivity contribution in [3.05, 3.63) is 99.9 Å². The Bertz CT molecular complexity index is 2760. The largest absolute Gasteiger partial charge is 0.488 e. The summed E-state index contributed by atoms with van der Waals surface area (Å²) >= 11 is 2.83. The summed E-state index contributed by atoms with van der Waals surface area (Å²) in [5.41, 5.74) is 4.72. The van der Waals surface area contributed by atoms with E-state index < -0.39 is 77.2 Å². The van der Waals surface area contributed by atoms with Gasteiger partial charge in [0.1, 0.15) is 30.2 Å². The summed E-state index contributed by atoms with van der Waals surface area (Å²) in [7, 11) is -4.58. The highest BCUT2D eigenvalue weighted by Gasteiger charge is 2.57. The normalized spacial score (nSPS) is 20.8. The molecule has 1 aliphatic carbocycles. The Balaban J connectivity index is 0.967. The molecule has 5 atom stereocenters. The third kappa shape index (κ3) is 11.8. The van der Waals surface area contributed by atoms with E-state index in [1.54, 1.807) is 47.2 Å². The number of fused-ring (bicyclic) bond motifs is 3. The summed E-state index contributed by atoms with van der Waals surface area (Å²) in [6, 6.07) is 19.3. The van der Waals surface area contributed by atoms with E-state index in [2.05, 4.69) is 24.1 Å². The monoisotopic (exact) mass is 1010 g/mol.